The van der Waals surface area contributed by atoms with Crippen LogP contribution in [0.4, 0.5) is 0 Å². The van der Waals surface area contributed by atoms with Crippen LogP contribution in [0.5, 0.6) is 0 Å². The minimum atomic E-state index is -0.138. The quantitative estimate of drug-likeness (QED) is 0.827. The highest BCUT2D eigenvalue weighted by molar-refractivity contribution is 5.79. The zero-order valence-electron chi connectivity index (χ0n) is 10.3. The predicted molar refractivity (Wildman–Crippen MR) is 68.7 cm³/mol. The normalized spacial score (nSPS) is 17.3. The van der Waals surface area contributed by atoms with E-state index in [1.165, 1.54) is 6.42 Å². The van der Waals surface area contributed by atoms with Gasteiger partial charge in [-0.3, -0.25) is 4.79 Å². The van der Waals surface area contributed by atoms with E-state index in [4.69, 9.17) is 5.73 Å². The second-order valence-corrected chi connectivity index (χ2v) is 5.10. The summed E-state index contributed by atoms with van der Waals surface area (Å²) in [6.07, 6.45) is 3.68. The Morgan fingerprint density at radius 2 is 2.12 bits per heavy atom. The lowest BCUT2D eigenvalue weighted by molar-refractivity contribution is -0.120. The molecule has 1 fully saturated rings. The summed E-state index contributed by atoms with van der Waals surface area (Å²) in [7, 11) is 0. The number of hydrogen-bond acceptors (Lipinski definition) is 2. The highest BCUT2D eigenvalue weighted by Gasteiger charge is 2.32. The fourth-order valence-electron chi connectivity index (χ4n) is 2.13. The Hall–Kier alpha value is -1.35. The largest absolute Gasteiger partial charge is 0.354 e. The van der Waals surface area contributed by atoms with Gasteiger partial charge in [-0.15, -0.1) is 0 Å². The van der Waals surface area contributed by atoms with Gasteiger partial charge in [0.15, 0.2) is 0 Å². The van der Waals surface area contributed by atoms with Crippen molar-refractivity contribution >= 4 is 5.91 Å². The van der Waals surface area contributed by atoms with E-state index in [9.17, 15) is 4.79 Å². The Labute approximate surface area is 102 Å². The van der Waals surface area contributed by atoms with Crippen molar-refractivity contribution in [2.24, 2.45) is 5.73 Å². The molecule has 0 radical (unpaired) electrons. The Balaban J connectivity index is 1.83. The Bertz CT molecular complexity index is 410. The number of benzene rings is 1. The van der Waals surface area contributed by atoms with Gasteiger partial charge in [0.1, 0.15) is 0 Å². The van der Waals surface area contributed by atoms with E-state index in [0.717, 1.165) is 24.0 Å². The molecule has 1 aliphatic carbocycles. The number of hydrogen-bond donors (Lipinski definition) is 2. The van der Waals surface area contributed by atoms with Crippen molar-refractivity contribution in [3.63, 3.8) is 0 Å². The lowest BCUT2D eigenvalue weighted by Crippen LogP contribution is -2.55. The van der Waals surface area contributed by atoms with E-state index in [2.05, 4.69) is 5.32 Å². The van der Waals surface area contributed by atoms with Gasteiger partial charge in [0, 0.05) is 12.1 Å². The first kappa shape index (κ1) is 12.1. The number of carbonyl (C=O) groups is 1. The van der Waals surface area contributed by atoms with E-state index in [0.29, 0.717) is 13.0 Å². The van der Waals surface area contributed by atoms with E-state index >= 15 is 0 Å². The highest BCUT2D eigenvalue weighted by Crippen LogP contribution is 2.28. The molecule has 1 aromatic carbocycles. The molecule has 0 unspecified atom stereocenters. The SMILES string of the molecule is Cc1ccccc1CC(=O)NCC1(N)CCC1. The summed E-state index contributed by atoms with van der Waals surface area (Å²) in [6, 6.07) is 7.97. The molecule has 2 rings (SSSR count). The molecular formula is C14H20N2O. The first-order valence-corrected chi connectivity index (χ1v) is 6.19. The molecule has 0 aromatic heterocycles. The minimum absolute atomic E-state index is 0.0658. The molecular weight excluding hydrogens is 212 g/mol. The van der Waals surface area contributed by atoms with Gasteiger partial charge in [-0.2, -0.15) is 0 Å². The van der Waals surface area contributed by atoms with Gasteiger partial charge < -0.3 is 11.1 Å². The molecule has 0 heterocycles. The number of nitrogens with two attached hydrogens (primary N) is 1. The van der Waals surface area contributed by atoms with E-state index in [1.807, 2.05) is 31.2 Å². The van der Waals surface area contributed by atoms with Crippen molar-refractivity contribution in [2.75, 3.05) is 6.54 Å². The van der Waals surface area contributed by atoms with Crippen LogP contribution in [0, 0.1) is 6.92 Å². The Morgan fingerprint density at radius 1 is 1.41 bits per heavy atom. The van der Waals surface area contributed by atoms with Crippen LogP contribution < -0.4 is 11.1 Å². The van der Waals surface area contributed by atoms with E-state index in [-0.39, 0.29) is 11.4 Å². The maximum absolute atomic E-state index is 11.8. The van der Waals surface area contributed by atoms with Gasteiger partial charge >= 0.3 is 0 Å². The summed E-state index contributed by atoms with van der Waals surface area (Å²) in [5.74, 6) is 0.0658. The molecule has 0 saturated heterocycles. The molecule has 1 amide bonds. The van der Waals surface area contributed by atoms with E-state index < -0.39 is 0 Å². The smallest absolute Gasteiger partial charge is 0.224 e. The van der Waals surface area contributed by atoms with Crippen molar-refractivity contribution < 1.29 is 4.79 Å². The van der Waals surface area contributed by atoms with Crippen LogP contribution in [-0.4, -0.2) is 18.0 Å². The Morgan fingerprint density at radius 3 is 2.71 bits per heavy atom. The van der Waals surface area contributed by atoms with E-state index in [1.54, 1.807) is 0 Å². The predicted octanol–water partition coefficient (Wildman–Crippen LogP) is 1.54. The average Bonchev–Trinajstić information content (AvgIpc) is 2.27. The van der Waals surface area contributed by atoms with Gasteiger partial charge in [-0.1, -0.05) is 24.3 Å². The van der Waals surface area contributed by atoms with Crippen molar-refractivity contribution in [1.82, 2.24) is 5.32 Å². The number of aryl methyl sites for hydroxylation is 1. The maximum atomic E-state index is 11.8. The van der Waals surface area contributed by atoms with Crippen LogP contribution in [0.1, 0.15) is 30.4 Å². The van der Waals surface area contributed by atoms with Crippen LogP contribution in [0.15, 0.2) is 24.3 Å². The third-order valence-corrected chi connectivity index (χ3v) is 3.60. The summed E-state index contributed by atoms with van der Waals surface area (Å²) < 4.78 is 0. The first-order valence-electron chi connectivity index (χ1n) is 6.19. The lowest BCUT2D eigenvalue weighted by Gasteiger charge is -2.38. The zero-order chi connectivity index (χ0) is 12.3. The summed E-state index contributed by atoms with van der Waals surface area (Å²) >= 11 is 0. The zero-order valence-corrected chi connectivity index (χ0v) is 10.3. The summed E-state index contributed by atoms with van der Waals surface area (Å²) in [6.45, 7) is 2.64. The fraction of sp³-hybridized carbons (Fsp3) is 0.500. The van der Waals surface area contributed by atoms with Crippen LogP contribution >= 0.6 is 0 Å². The van der Waals surface area contributed by atoms with Crippen molar-refractivity contribution in [1.29, 1.82) is 0 Å². The number of amides is 1. The van der Waals surface area contributed by atoms with Crippen molar-refractivity contribution in [2.45, 2.75) is 38.1 Å². The third kappa shape index (κ3) is 3.07. The van der Waals surface area contributed by atoms with Gasteiger partial charge in [-0.05, 0) is 37.3 Å². The van der Waals surface area contributed by atoms with Crippen LogP contribution in [0.25, 0.3) is 0 Å². The number of nitrogens with one attached hydrogen (secondary N) is 1. The summed E-state index contributed by atoms with van der Waals surface area (Å²) in [4.78, 5) is 11.8. The molecule has 0 spiro atoms. The van der Waals surface area contributed by atoms with Gasteiger partial charge in [0.25, 0.3) is 0 Å². The first-order chi connectivity index (χ1) is 8.09. The molecule has 1 aliphatic rings. The molecule has 0 bridgehead atoms. The van der Waals surface area contributed by atoms with Crippen molar-refractivity contribution in [3.8, 4) is 0 Å². The van der Waals surface area contributed by atoms with Gasteiger partial charge in [0.05, 0.1) is 6.42 Å². The number of carbonyl (C=O) groups excluding carboxylic acids is 1. The standard InChI is InChI=1S/C14H20N2O/c1-11-5-2-3-6-12(11)9-13(17)16-10-14(15)7-4-8-14/h2-3,5-6H,4,7-10,15H2,1H3,(H,16,17). The average molecular weight is 232 g/mol. The summed E-state index contributed by atoms with van der Waals surface area (Å²) in [5, 5.41) is 2.94. The molecule has 3 N–H and O–H groups in total. The molecule has 3 heteroatoms. The van der Waals surface area contributed by atoms with Crippen LogP contribution in [-0.2, 0) is 11.2 Å². The molecule has 17 heavy (non-hydrogen) atoms. The topological polar surface area (TPSA) is 55.1 Å². The second-order valence-electron chi connectivity index (χ2n) is 5.10. The van der Waals surface area contributed by atoms with Crippen LogP contribution in [0.3, 0.4) is 0 Å². The fourth-order valence-corrected chi connectivity index (χ4v) is 2.13. The minimum Gasteiger partial charge on any atom is -0.354 e. The highest BCUT2D eigenvalue weighted by atomic mass is 16.1. The molecule has 3 nitrogen and oxygen atoms in total. The molecule has 1 aromatic rings. The number of rotatable bonds is 4. The maximum Gasteiger partial charge on any atom is 0.224 e. The monoisotopic (exact) mass is 232 g/mol. The molecule has 0 aliphatic heterocycles. The van der Waals surface area contributed by atoms with Crippen LogP contribution in [0.2, 0.25) is 0 Å². The molecule has 0 atom stereocenters. The van der Waals surface area contributed by atoms with Gasteiger partial charge in [-0.25, -0.2) is 0 Å². The third-order valence-electron chi connectivity index (χ3n) is 3.60. The second kappa shape index (κ2) is 4.88. The lowest BCUT2D eigenvalue weighted by atomic mass is 9.78. The van der Waals surface area contributed by atoms with Gasteiger partial charge in [0.2, 0.25) is 5.91 Å². The van der Waals surface area contributed by atoms with Crippen molar-refractivity contribution in [3.05, 3.63) is 35.4 Å². The Kier molecular flexibility index (Phi) is 3.48. The molecule has 1 saturated carbocycles. The summed E-state index contributed by atoms with van der Waals surface area (Å²) in [5.41, 5.74) is 8.17. The molecule has 92 valence electrons.